The van der Waals surface area contributed by atoms with Gasteiger partial charge in [-0.1, -0.05) is 0 Å². The van der Waals surface area contributed by atoms with Crippen LogP contribution in [0.2, 0.25) is 0 Å². The maximum atomic E-state index is 12.1. The van der Waals surface area contributed by atoms with Crippen molar-refractivity contribution in [3.63, 3.8) is 0 Å². The van der Waals surface area contributed by atoms with E-state index in [0.29, 0.717) is 6.54 Å². The van der Waals surface area contributed by atoms with Crippen LogP contribution >= 0.6 is 0 Å². The molecule has 0 spiro atoms. The third-order valence-electron chi connectivity index (χ3n) is 4.20. The van der Waals surface area contributed by atoms with Crippen LogP contribution in [0.25, 0.3) is 0 Å². The van der Waals surface area contributed by atoms with Crippen LogP contribution in [0, 0.1) is 6.92 Å². The number of carbonyl (C=O) groups is 1. The Balaban J connectivity index is 1.80. The fourth-order valence-electron chi connectivity index (χ4n) is 3.09. The molecule has 1 aliphatic rings. The summed E-state index contributed by atoms with van der Waals surface area (Å²) in [6, 6.07) is 1.88. The maximum Gasteiger partial charge on any atom is 0.315 e. The van der Waals surface area contributed by atoms with Crippen molar-refractivity contribution in [2.24, 2.45) is 0 Å². The van der Waals surface area contributed by atoms with Crippen molar-refractivity contribution in [3.05, 3.63) is 29.6 Å². The number of ether oxygens (including phenoxy) is 1. The number of hydrogen-bond donors (Lipinski definition) is 2. The molecule has 122 valence electrons. The van der Waals surface area contributed by atoms with Crippen LogP contribution in [0.4, 0.5) is 4.79 Å². The van der Waals surface area contributed by atoms with Crippen LogP contribution in [0.3, 0.4) is 0 Å². The first-order chi connectivity index (χ1) is 10.2. The molecule has 1 saturated heterocycles. The lowest BCUT2D eigenvalue weighted by atomic mass is 9.95. The average molecular weight is 305 g/mol. The highest BCUT2D eigenvalue weighted by Crippen LogP contribution is 2.37. The number of nitrogens with one attached hydrogen (secondary N) is 2. The van der Waals surface area contributed by atoms with E-state index in [4.69, 9.17) is 4.74 Å². The van der Waals surface area contributed by atoms with E-state index >= 15 is 0 Å². The first-order valence-corrected chi connectivity index (χ1v) is 7.84. The molecule has 2 N–H and O–H groups in total. The number of aryl methyl sites for hydroxylation is 1. The molecule has 2 amide bonds. The van der Waals surface area contributed by atoms with Gasteiger partial charge in [0, 0.05) is 18.9 Å². The lowest BCUT2D eigenvalue weighted by Crippen LogP contribution is -2.50. The van der Waals surface area contributed by atoms with E-state index in [1.165, 1.54) is 5.56 Å². The molecule has 1 aromatic rings. The van der Waals surface area contributed by atoms with E-state index in [0.717, 1.165) is 18.4 Å². The summed E-state index contributed by atoms with van der Waals surface area (Å²) in [5.74, 6) is 0. The molecule has 1 aromatic heterocycles. The molecule has 1 atom stereocenters. The second kappa shape index (κ2) is 6.24. The van der Waals surface area contributed by atoms with E-state index in [9.17, 15) is 4.79 Å². The fourth-order valence-corrected chi connectivity index (χ4v) is 3.09. The van der Waals surface area contributed by atoms with Gasteiger partial charge in [-0.25, -0.2) is 4.79 Å². The van der Waals surface area contributed by atoms with Crippen molar-refractivity contribution in [3.8, 4) is 0 Å². The Kier molecular flexibility index (Phi) is 4.75. The van der Waals surface area contributed by atoms with Gasteiger partial charge in [-0.05, 0) is 64.7 Å². The van der Waals surface area contributed by atoms with Gasteiger partial charge in [0.15, 0.2) is 0 Å². The predicted octanol–water partition coefficient (Wildman–Crippen LogP) is 2.58. The summed E-state index contributed by atoms with van der Waals surface area (Å²) < 4.78 is 5.99. The van der Waals surface area contributed by atoms with Gasteiger partial charge in [-0.15, -0.1) is 0 Å². The summed E-state index contributed by atoms with van der Waals surface area (Å²) in [6.07, 6.45) is 5.24. The van der Waals surface area contributed by atoms with Crippen LogP contribution in [-0.4, -0.2) is 34.8 Å². The van der Waals surface area contributed by atoms with Gasteiger partial charge >= 0.3 is 6.03 Å². The molecular weight excluding hydrogens is 278 g/mol. The summed E-state index contributed by atoms with van der Waals surface area (Å²) in [5.41, 5.74) is 1.82. The molecule has 0 saturated carbocycles. The second-order valence-electron chi connectivity index (χ2n) is 7.17. The normalized spacial score (nSPS) is 22.3. The summed E-state index contributed by atoms with van der Waals surface area (Å²) in [5, 5.41) is 5.96. The quantitative estimate of drug-likeness (QED) is 0.898. The number of amides is 2. The highest BCUT2D eigenvalue weighted by molar-refractivity contribution is 5.74. The Morgan fingerprint density at radius 2 is 2.14 bits per heavy atom. The van der Waals surface area contributed by atoms with Crippen molar-refractivity contribution in [1.82, 2.24) is 15.6 Å². The Labute approximate surface area is 132 Å². The zero-order chi connectivity index (χ0) is 16.4. The Morgan fingerprint density at radius 1 is 1.41 bits per heavy atom. The highest BCUT2D eigenvalue weighted by atomic mass is 16.5. The minimum absolute atomic E-state index is 0.0187. The third kappa shape index (κ3) is 4.19. The zero-order valence-corrected chi connectivity index (χ0v) is 14.2. The van der Waals surface area contributed by atoms with Gasteiger partial charge in [-0.2, -0.15) is 0 Å². The first kappa shape index (κ1) is 16.7. The van der Waals surface area contributed by atoms with Gasteiger partial charge in [0.25, 0.3) is 0 Å². The summed E-state index contributed by atoms with van der Waals surface area (Å²) in [6.45, 7) is 10.8. The lowest BCUT2D eigenvalue weighted by Gasteiger charge is -2.27. The molecule has 0 aromatic carbocycles. The van der Waals surface area contributed by atoms with Crippen LogP contribution < -0.4 is 10.6 Å². The lowest BCUT2D eigenvalue weighted by molar-refractivity contribution is -0.0690. The van der Waals surface area contributed by atoms with Crippen molar-refractivity contribution in [2.75, 3.05) is 6.54 Å². The van der Waals surface area contributed by atoms with E-state index in [2.05, 4.69) is 29.5 Å². The third-order valence-corrected chi connectivity index (χ3v) is 4.20. The topological polar surface area (TPSA) is 63.2 Å². The monoisotopic (exact) mass is 305 g/mol. The van der Waals surface area contributed by atoms with Crippen molar-refractivity contribution >= 4 is 6.03 Å². The van der Waals surface area contributed by atoms with Gasteiger partial charge in [0.05, 0.1) is 17.2 Å². The second-order valence-corrected chi connectivity index (χ2v) is 7.17. The number of hydrogen-bond acceptors (Lipinski definition) is 3. The van der Waals surface area contributed by atoms with E-state index < -0.39 is 0 Å². The Hall–Kier alpha value is -1.62. The van der Waals surface area contributed by atoms with Crippen molar-refractivity contribution in [2.45, 2.75) is 64.7 Å². The molecule has 0 radical (unpaired) electrons. The molecule has 2 heterocycles. The van der Waals surface area contributed by atoms with E-state index in [1.54, 1.807) is 6.20 Å². The number of urea groups is 1. The van der Waals surface area contributed by atoms with Gasteiger partial charge in [0.1, 0.15) is 0 Å². The summed E-state index contributed by atoms with van der Waals surface area (Å²) >= 11 is 0. The van der Waals surface area contributed by atoms with Gasteiger partial charge < -0.3 is 15.4 Å². The number of pyridine rings is 1. The summed E-state index contributed by atoms with van der Waals surface area (Å²) in [7, 11) is 0. The minimum Gasteiger partial charge on any atom is -0.367 e. The maximum absolute atomic E-state index is 12.1. The average Bonchev–Trinajstić information content (AvgIpc) is 2.59. The smallest absolute Gasteiger partial charge is 0.315 e. The standard InChI is InChI=1S/C17H27N3O2/c1-12-11-18-8-6-13(12)7-9-19-15(21)20-14-10-16(2,3)22-17(14,4)5/h6,8,11,14H,7,9-10H2,1-5H3,(H2,19,20,21). The Bertz CT molecular complexity index is 540. The highest BCUT2D eigenvalue weighted by Gasteiger charge is 2.46. The number of nitrogens with zero attached hydrogens (tertiary/aromatic N) is 1. The van der Waals surface area contributed by atoms with Gasteiger partial charge in [-0.3, -0.25) is 4.98 Å². The molecule has 22 heavy (non-hydrogen) atoms. The number of aromatic nitrogens is 1. The van der Waals surface area contributed by atoms with Crippen LogP contribution in [0.15, 0.2) is 18.5 Å². The van der Waals surface area contributed by atoms with Crippen LogP contribution in [-0.2, 0) is 11.2 Å². The van der Waals surface area contributed by atoms with Crippen LogP contribution in [0.1, 0.15) is 45.2 Å². The van der Waals surface area contributed by atoms with Crippen molar-refractivity contribution in [1.29, 1.82) is 0 Å². The van der Waals surface area contributed by atoms with Crippen LogP contribution in [0.5, 0.6) is 0 Å². The van der Waals surface area contributed by atoms with Gasteiger partial charge in [0.2, 0.25) is 0 Å². The molecule has 2 rings (SSSR count). The van der Waals surface area contributed by atoms with Crippen molar-refractivity contribution < 1.29 is 9.53 Å². The number of carbonyl (C=O) groups excluding carboxylic acids is 1. The molecule has 0 aliphatic carbocycles. The zero-order valence-electron chi connectivity index (χ0n) is 14.2. The molecule has 1 aliphatic heterocycles. The van der Waals surface area contributed by atoms with E-state index in [1.807, 2.05) is 33.0 Å². The first-order valence-electron chi connectivity index (χ1n) is 7.84. The number of rotatable bonds is 4. The fraction of sp³-hybridized carbons (Fsp3) is 0.647. The molecule has 0 bridgehead atoms. The molecule has 5 nitrogen and oxygen atoms in total. The molecule has 5 heteroatoms. The minimum atomic E-state index is -0.345. The Morgan fingerprint density at radius 3 is 2.73 bits per heavy atom. The molecule has 1 fully saturated rings. The SMILES string of the molecule is Cc1cnccc1CCNC(=O)NC1CC(C)(C)OC1(C)C. The predicted molar refractivity (Wildman–Crippen MR) is 86.9 cm³/mol. The molecule has 1 unspecified atom stereocenters. The van der Waals surface area contributed by atoms with E-state index in [-0.39, 0.29) is 23.3 Å². The summed E-state index contributed by atoms with van der Waals surface area (Å²) in [4.78, 5) is 16.2. The molecular formula is C17H27N3O2. The largest absolute Gasteiger partial charge is 0.367 e.